The Hall–Kier alpha value is -1.16. The fourth-order valence-electron chi connectivity index (χ4n) is 1.01. The quantitative estimate of drug-likeness (QED) is 0.255. The van der Waals surface area contributed by atoms with Gasteiger partial charge in [-0.2, -0.15) is 0 Å². The molecule has 13 heavy (non-hydrogen) atoms. The van der Waals surface area contributed by atoms with Crippen LogP contribution in [0.3, 0.4) is 0 Å². The van der Waals surface area contributed by atoms with E-state index in [4.69, 9.17) is 10.9 Å². The Kier molecular flexibility index (Phi) is 3.64. The Morgan fingerprint density at radius 3 is 2.85 bits per heavy atom. The molecule has 0 aromatic heterocycles. The second-order valence-electron chi connectivity index (χ2n) is 2.41. The molecule has 0 bridgehead atoms. The summed E-state index contributed by atoms with van der Waals surface area (Å²) in [5.74, 6) is 1.13. The smallest absolute Gasteiger partial charge is 0.171 e. The number of nitrogens with two attached hydrogens (primary N) is 1. The number of hydrogen-bond donors (Lipinski definition) is 2. The second-order valence-corrected chi connectivity index (χ2v) is 3.72. The molecule has 1 rings (SSSR count). The van der Waals surface area contributed by atoms with Crippen molar-refractivity contribution in [1.29, 1.82) is 0 Å². The van der Waals surface area contributed by atoms with E-state index in [2.05, 4.69) is 12.1 Å². The van der Waals surface area contributed by atoms with E-state index in [9.17, 15) is 0 Å². The zero-order chi connectivity index (χ0) is 9.68. The molecule has 0 aliphatic carbocycles. The maximum Gasteiger partial charge on any atom is 0.171 e. The third-order valence-corrected chi connectivity index (χ3v) is 2.53. The van der Waals surface area contributed by atoms with Crippen LogP contribution >= 0.6 is 11.8 Å². The molecule has 1 aromatic carbocycles. The van der Waals surface area contributed by atoms with E-state index < -0.39 is 0 Å². The number of nitrogens with zero attached hydrogens (tertiary/aromatic N) is 1. The number of oxime groups is 1. The first-order valence-electron chi connectivity index (χ1n) is 3.99. The van der Waals surface area contributed by atoms with Gasteiger partial charge in [-0.3, -0.25) is 0 Å². The maximum atomic E-state index is 8.53. The fourth-order valence-corrected chi connectivity index (χ4v) is 1.83. The molecule has 0 aliphatic rings. The Labute approximate surface area is 81.6 Å². The highest BCUT2D eigenvalue weighted by Gasteiger charge is 2.04. The van der Waals surface area contributed by atoms with Crippen molar-refractivity contribution in [3.63, 3.8) is 0 Å². The van der Waals surface area contributed by atoms with Gasteiger partial charge in [0.2, 0.25) is 0 Å². The lowest BCUT2D eigenvalue weighted by Gasteiger charge is -2.05. The molecule has 70 valence electrons. The third kappa shape index (κ3) is 2.39. The van der Waals surface area contributed by atoms with E-state index >= 15 is 0 Å². The molecular formula is C9H12N2OS. The summed E-state index contributed by atoms with van der Waals surface area (Å²) in [5.41, 5.74) is 6.30. The summed E-state index contributed by atoms with van der Waals surface area (Å²) in [4.78, 5) is 1.04. The van der Waals surface area contributed by atoms with Crippen molar-refractivity contribution in [1.82, 2.24) is 0 Å². The average Bonchev–Trinajstić information content (AvgIpc) is 2.18. The molecule has 0 heterocycles. The minimum absolute atomic E-state index is 0.163. The molecule has 0 radical (unpaired) electrons. The van der Waals surface area contributed by atoms with Gasteiger partial charge in [-0.05, 0) is 11.8 Å². The topological polar surface area (TPSA) is 58.6 Å². The van der Waals surface area contributed by atoms with E-state index in [1.165, 1.54) is 0 Å². The lowest BCUT2D eigenvalue weighted by Crippen LogP contribution is -2.14. The van der Waals surface area contributed by atoms with Gasteiger partial charge >= 0.3 is 0 Å². The third-order valence-electron chi connectivity index (χ3n) is 1.57. The molecule has 3 N–H and O–H groups in total. The molecule has 0 amide bonds. The minimum Gasteiger partial charge on any atom is -0.409 e. The van der Waals surface area contributed by atoms with Crippen molar-refractivity contribution in [2.75, 3.05) is 5.75 Å². The van der Waals surface area contributed by atoms with Gasteiger partial charge in [-0.25, -0.2) is 0 Å². The van der Waals surface area contributed by atoms with E-state index in [-0.39, 0.29) is 5.84 Å². The number of thioether (sulfide) groups is 1. The molecule has 0 atom stereocenters. The van der Waals surface area contributed by atoms with E-state index in [0.717, 1.165) is 16.2 Å². The maximum absolute atomic E-state index is 8.53. The van der Waals surface area contributed by atoms with E-state index in [1.54, 1.807) is 11.8 Å². The molecule has 0 aliphatic heterocycles. The van der Waals surface area contributed by atoms with Crippen LogP contribution in [0.4, 0.5) is 0 Å². The number of rotatable bonds is 3. The first-order valence-corrected chi connectivity index (χ1v) is 4.98. The van der Waals surface area contributed by atoms with Gasteiger partial charge in [0.1, 0.15) is 0 Å². The van der Waals surface area contributed by atoms with Crippen LogP contribution in [0.25, 0.3) is 0 Å². The monoisotopic (exact) mass is 196 g/mol. The highest BCUT2D eigenvalue weighted by molar-refractivity contribution is 7.99. The first kappa shape index (κ1) is 9.92. The molecule has 3 nitrogen and oxygen atoms in total. The van der Waals surface area contributed by atoms with Crippen molar-refractivity contribution < 1.29 is 5.21 Å². The average molecular weight is 196 g/mol. The normalized spacial score (nSPS) is 11.6. The summed E-state index contributed by atoms with van der Waals surface area (Å²) < 4.78 is 0. The number of amidine groups is 1. The van der Waals surface area contributed by atoms with Crippen LogP contribution in [0.15, 0.2) is 34.3 Å². The summed E-state index contributed by atoms with van der Waals surface area (Å²) in [6.45, 7) is 2.06. The number of hydrogen-bond acceptors (Lipinski definition) is 3. The van der Waals surface area contributed by atoms with Gasteiger partial charge in [0.15, 0.2) is 5.84 Å². The largest absolute Gasteiger partial charge is 0.409 e. The Bertz CT molecular complexity index is 312. The zero-order valence-electron chi connectivity index (χ0n) is 7.40. The van der Waals surface area contributed by atoms with Crippen molar-refractivity contribution >= 4 is 17.6 Å². The van der Waals surface area contributed by atoms with Crippen molar-refractivity contribution in [3.05, 3.63) is 29.8 Å². The van der Waals surface area contributed by atoms with Gasteiger partial charge in [0, 0.05) is 10.5 Å². The summed E-state index contributed by atoms with van der Waals surface area (Å²) >= 11 is 1.67. The summed E-state index contributed by atoms with van der Waals surface area (Å²) in [5, 5.41) is 11.5. The standard InChI is InChI=1S/C9H12N2OS/c1-2-13-8-6-4-3-5-7(8)9(10)11-12/h3-6,12H,2H2,1H3,(H2,10,11). The summed E-state index contributed by atoms with van der Waals surface area (Å²) in [6, 6.07) is 7.60. The van der Waals surface area contributed by atoms with E-state index in [0.29, 0.717) is 0 Å². The molecule has 1 aromatic rings. The van der Waals surface area contributed by atoms with Crippen LogP contribution in [-0.2, 0) is 0 Å². The highest BCUT2D eigenvalue weighted by Crippen LogP contribution is 2.21. The van der Waals surface area contributed by atoms with Crippen LogP contribution in [0.5, 0.6) is 0 Å². The molecule has 0 unspecified atom stereocenters. The first-order chi connectivity index (χ1) is 6.29. The number of benzene rings is 1. The predicted octanol–water partition coefficient (Wildman–Crippen LogP) is 1.89. The van der Waals surface area contributed by atoms with Crippen LogP contribution in [0.2, 0.25) is 0 Å². The van der Waals surface area contributed by atoms with Gasteiger partial charge < -0.3 is 10.9 Å². The Balaban J connectivity index is 3.04. The van der Waals surface area contributed by atoms with Gasteiger partial charge in [-0.1, -0.05) is 30.3 Å². The van der Waals surface area contributed by atoms with Crippen LogP contribution in [0.1, 0.15) is 12.5 Å². The lowest BCUT2D eigenvalue weighted by molar-refractivity contribution is 0.318. The fraction of sp³-hybridized carbons (Fsp3) is 0.222. The van der Waals surface area contributed by atoms with Gasteiger partial charge in [0.05, 0.1) is 0 Å². The zero-order valence-corrected chi connectivity index (χ0v) is 8.21. The highest BCUT2D eigenvalue weighted by atomic mass is 32.2. The summed E-state index contributed by atoms with van der Waals surface area (Å²) in [6.07, 6.45) is 0. The molecule has 0 spiro atoms. The lowest BCUT2D eigenvalue weighted by atomic mass is 10.2. The SMILES string of the molecule is CCSc1ccccc1C(N)=NO. The van der Waals surface area contributed by atoms with Gasteiger partial charge in [0.25, 0.3) is 0 Å². The Morgan fingerprint density at radius 2 is 2.23 bits per heavy atom. The van der Waals surface area contributed by atoms with Crippen molar-refractivity contribution in [3.8, 4) is 0 Å². The minimum atomic E-state index is 0.163. The van der Waals surface area contributed by atoms with Crippen LogP contribution in [-0.4, -0.2) is 16.8 Å². The molecule has 0 saturated heterocycles. The Morgan fingerprint density at radius 1 is 1.54 bits per heavy atom. The van der Waals surface area contributed by atoms with E-state index in [1.807, 2.05) is 24.3 Å². The molecule has 0 saturated carbocycles. The van der Waals surface area contributed by atoms with Crippen molar-refractivity contribution in [2.24, 2.45) is 10.9 Å². The molecule has 4 heteroatoms. The van der Waals surface area contributed by atoms with Crippen LogP contribution in [0, 0.1) is 0 Å². The van der Waals surface area contributed by atoms with Gasteiger partial charge in [-0.15, -0.1) is 11.8 Å². The van der Waals surface area contributed by atoms with Crippen molar-refractivity contribution in [2.45, 2.75) is 11.8 Å². The molecular weight excluding hydrogens is 184 g/mol. The second kappa shape index (κ2) is 4.77. The molecule has 0 fully saturated rings. The van der Waals surface area contributed by atoms with Crippen LogP contribution < -0.4 is 5.73 Å². The predicted molar refractivity (Wildman–Crippen MR) is 55.4 cm³/mol. The summed E-state index contributed by atoms with van der Waals surface area (Å²) in [7, 11) is 0.